The van der Waals surface area contributed by atoms with Crippen LogP contribution in [-0.2, 0) is 4.74 Å². The molecule has 0 radical (unpaired) electrons. The van der Waals surface area contributed by atoms with Gasteiger partial charge in [-0.25, -0.2) is 4.79 Å². The van der Waals surface area contributed by atoms with Gasteiger partial charge in [0.05, 0.1) is 0 Å². The first-order valence-corrected chi connectivity index (χ1v) is 15.4. The molecule has 9 nitrogen and oxygen atoms in total. The van der Waals surface area contributed by atoms with E-state index < -0.39 is 5.60 Å². The molecule has 44 heavy (non-hydrogen) atoms. The van der Waals surface area contributed by atoms with E-state index in [1.165, 1.54) is 12.8 Å². The van der Waals surface area contributed by atoms with Gasteiger partial charge in [0.2, 0.25) is 0 Å². The predicted octanol–water partition coefficient (Wildman–Crippen LogP) is 6.88. The van der Waals surface area contributed by atoms with Gasteiger partial charge in [-0.1, -0.05) is 18.2 Å². The van der Waals surface area contributed by atoms with Crippen LogP contribution in [0, 0.1) is 6.92 Å². The number of carbonyl (C=O) groups excluding carboxylic acids is 3. The number of anilines is 3. The summed E-state index contributed by atoms with van der Waals surface area (Å²) in [6.45, 7) is 10.6. The maximum Gasteiger partial charge on any atom is 0.410 e. The summed E-state index contributed by atoms with van der Waals surface area (Å²) in [5.41, 5.74) is 3.66. The maximum atomic E-state index is 13.2. The molecule has 2 aliphatic heterocycles. The highest BCUT2D eigenvalue weighted by molar-refractivity contribution is 6.07. The quantitative estimate of drug-likeness (QED) is 0.308. The van der Waals surface area contributed by atoms with Crippen LogP contribution in [0.2, 0.25) is 0 Å². The number of ether oxygens (including phenoxy) is 2. The first-order valence-electron chi connectivity index (χ1n) is 15.4. The van der Waals surface area contributed by atoms with Crippen LogP contribution in [-0.4, -0.2) is 60.7 Å². The number of likely N-dealkylation sites (tertiary alicyclic amines) is 1. The van der Waals surface area contributed by atoms with Gasteiger partial charge in [0.15, 0.2) is 0 Å². The Bertz CT molecular complexity index is 1500. The highest BCUT2D eigenvalue weighted by atomic mass is 16.6. The lowest BCUT2D eigenvalue weighted by atomic mass is 10.1. The van der Waals surface area contributed by atoms with E-state index in [0.717, 1.165) is 24.3 Å². The summed E-state index contributed by atoms with van der Waals surface area (Å²) >= 11 is 0. The Morgan fingerprint density at radius 1 is 0.795 bits per heavy atom. The Morgan fingerprint density at radius 2 is 1.45 bits per heavy atom. The summed E-state index contributed by atoms with van der Waals surface area (Å²) in [6, 6.07) is 20.2. The first kappa shape index (κ1) is 30.9. The van der Waals surface area contributed by atoms with Crippen molar-refractivity contribution in [3.05, 3.63) is 83.4 Å². The highest BCUT2D eigenvalue weighted by Gasteiger charge is 2.28. The van der Waals surface area contributed by atoms with E-state index in [2.05, 4.69) is 15.5 Å². The van der Waals surface area contributed by atoms with Gasteiger partial charge in [-0.15, -0.1) is 0 Å². The number of benzene rings is 3. The molecule has 3 aromatic rings. The summed E-state index contributed by atoms with van der Waals surface area (Å²) in [5, 5.41) is 5.95. The van der Waals surface area contributed by atoms with Crippen LogP contribution >= 0.6 is 0 Å². The van der Waals surface area contributed by atoms with E-state index in [1.54, 1.807) is 29.2 Å². The van der Waals surface area contributed by atoms with Gasteiger partial charge in [-0.3, -0.25) is 9.59 Å². The van der Waals surface area contributed by atoms with Crippen molar-refractivity contribution in [3.8, 4) is 5.75 Å². The second-order valence-electron chi connectivity index (χ2n) is 12.5. The van der Waals surface area contributed by atoms with Gasteiger partial charge in [-0.05, 0) is 94.6 Å². The topological polar surface area (TPSA) is 100 Å². The third kappa shape index (κ3) is 8.09. The molecular weight excluding hydrogens is 556 g/mol. The molecule has 2 saturated heterocycles. The van der Waals surface area contributed by atoms with E-state index >= 15 is 0 Å². The van der Waals surface area contributed by atoms with Crippen molar-refractivity contribution >= 4 is 35.0 Å². The van der Waals surface area contributed by atoms with Crippen molar-refractivity contribution < 1.29 is 23.9 Å². The monoisotopic (exact) mass is 598 g/mol. The largest absolute Gasteiger partial charge is 0.490 e. The lowest BCUT2D eigenvalue weighted by Gasteiger charge is -2.33. The lowest BCUT2D eigenvalue weighted by molar-refractivity contribution is 0.0126. The minimum atomic E-state index is -0.529. The summed E-state index contributed by atoms with van der Waals surface area (Å²) in [4.78, 5) is 42.7. The average Bonchev–Trinajstić information content (AvgIpc) is 3.54. The third-order valence-electron chi connectivity index (χ3n) is 7.82. The summed E-state index contributed by atoms with van der Waals surface area (Å²) < 4.78 is 11.7. The lowest BCUT2D eigenvalue weighted by Crippen LogP contribution is -2.44. The number of rotatable bonds is 7. The number of hydrogen-bond acceptors (Lipinski definition) is 6. The Labute approximate surface area is 259 Å². The highest BCUT2D eigenvalue weighted by Crippen LogP contribution is 2.26. The fraction of sp³-hybridized carbons (Fsp3) is 0.400. The van der Waals surface area contributed by atoms with Crippen LogP contribution in [0.4, 0.5) is 21.9 Å². The summed E-state index contributed by atoms with van der Waals surface area (Å²) in [6.07, 6.45) is 3.32. The Hall–Kier alpha value is -4.53. The Morgan fingerprint density at radius 3 is 2.16 bits per heavy atom. The first-order chi connectivity index (χ1) is 21.0. The van der Waals surface area contributed by atoms with Gasteiger partial charge in [0, 0.05) is 67.2 Å². The van der Waals surface area contributed by atoms with Gasteiger partial charge >= 0.3 is 6.09 Å². The molecule has 3 aromatic carbocycles. The molecule has 2 aliphatic rings. The maximum absolute atomic E-state index is 13.2. The van der Waals surface area contributed by atoms with E-state index in [9.17, 15) is 14.4 Å². The standard InChI is InChI=1S/C35H42N4O5/c1-24-13-14-27(36-32(40)25-9-7-11-28(21-25)38-17-5-6-18-38)23-31(24)37-33(41)26-10-8-12-30(22-26)43-29-15-19-39(20-16-29)34(42)44-35(2,3)4/h7-14,21-23,29H,5-6,15-20H2,1-4H3,(H,36,40)(H,37,41). The molecule has 0 aromatic heterocycles. The van der Waals surface area contributed by atoms with Crippen molar-refractivity contribution in [2.75, 3.05) is 41.7 Å². The van der Waals surface area contributed by atoms with E-state index in [-0.39, 0.29) is 24.0 Å². The minimum Gasteiger partial charge on any atom is -0.490 e. The molecule has 3 amide bonds. The zero-order valence-electron chi connectivity index (χ0n) is 26.0. The van der Waals surface area contributed by atoms with Crippen molar-refractivity contribution in [1.29, 1.82) is 0 Å². The smallest absolute Gasteiger partial charge is 0.410 e. The number of nitrogens with one attached hydrogen (secondary N) is 2. The van der Waals surface area contributed by atoms with Crippen LogP contribution in [0.5, 0.6) is 5.75 Å². The predicted molar refractivity (Wildman–Crippen MR) is 173 cm³/mol. The number of hydrogen-bond donors (Lipinski definition) is 2. The second-order valence-corrected chi connectivity index (χ2v) is 12.5. The molecule has 0 saturated carbocycles. The summed E-state index contributed by atoms with van der Waals surface area (Å²) in [7, 11) is 0. The zero-order chi connectivity index (χ0) is 31.3. The number of carbonyl (C=O) groups is 3. The molecule has 0 bridgehead atoms. The van der Waals surface area contributed by atoms with Crippen LogP contribution in [0.25, 0.3) is 0 Å². The van der Waals surface area contributed by atoms with Gasteiger partial charge in [0.25, 0.3) is 11.8 Å². The Kier molecular flexibility index (Phi) is 9.42. The van der Waals surface area contributed by atoms with Crippen molar-refractivity contribution in [2.45, 2.75) is 65.1 Å². The molecule has 2 N–H and O–H groups in total. The van der Waals surface area contributed by atoms with Crippen LogP contribution in [0.15, 0.2) is 66.7 Å². The molecular formula is C35H42N4O5. The van der Waals surface area contributed by atoms with Crippen LogP contribution < -0.4 is 20.3 Å². The van der Waals surface area contributed by atoms with Crippen molar-refractivity contribution in [3.63, 3.8) is 0 Å². The number of piperidine rings is 1. The normalized spacial score (nSPS) is 15.5. The van der Waals surface area contributed by atoms with Gasteiger partial charge < -0.3 is 29.9 Å². The van der Waals surface area contributed by atoms with Crippen LogP contribution in [0.3, 0.4) is 0 Å². The fourth-order valence-electron chi connectivity index (χ4n) is 5.44. The van der Waals surface area contributed by atoms with E-state index in [4.69, 9.17) is 9.47 Å². The SMILES string of the molecule is Cc1ccc(NC(=O)c2cccc(N3CCCC3)c2)cc1NC(=O)c1cccc(OC2CCN(C(=O)OC(C)(C)C)CC2)c1. The molecule has 232 valence electrons. The fourth-order valence-corrected chi connectivity index (χ4v) is 5.44. The molecule has 0 unspecified atom stereocenters. The van der Waals surface area contributed by atoms with Crippen molar-refractivity contribution in [2.24, 2.45) is 0 Å². The molecule has 0 aliphatic carbocycles. The second kappa shape index (κ2) is 13.4. The van der Waals surface area contributed by atoms with Gasteiger partial charge in [-0.2, -0.15) is 0 Å². The zero-order valence-corrected chi connectivity index (χ0v) is 26.0. The number of nitrogens with zero attached hydrogens (tertiary/aromatic N) is 2. The Balaban J connectivity index is 1.18. The van der Waals surface area contributed by atoms with E-state index in [0.29, 0.717) is 54.2 Å². The van der Waals surface area contributed by atoms with Crippen molar-refractivity contribution in [1.82, 2.24) is 4.90 Å². The molecule has 2 heterocycles. The minimum absolute atomic E-state index is 0.0643. The van der Waals surface area contributed by atoms with Crippen LogP contribution in [0.1, 0.15) is 72.7 Å². The summed E-state index contributed by atoms with van der Waals surface area (Å²) in [5.74, 6) is 0.122. The third-order valence-corrected chi connectivity index (χ3v) is 7.82. The molecule has 9 heteroatoms. The molecule has 0 atom stereocenters. The number of amides is 3. The average molecular weight is 599 g/mol. The molecule has 0 spiro atoms. The number of aryl methyl sites for hydroxylation is 1. The molecule has 2 fully saturated rings. The molecule has 5 rings (SSSR count). The van der Waals surface area contributed by atoms with Gasteiger partial charge in [0.1, 0.15) is 17.5 Å². The van der Waals surface area contributed by atoms with E-state index in [1.807, 2.05) is 70.2 Å².